The number of carbonyl (C=O) groups is 1. The number of hydrogen-bond donors (Lipinski definition) is 1. The summed E-state index contributed by atoms with van der Waals surface area (Å²) in [5.74, 6) is -2.28. The predicted molar refractivity (Wildman–Crippen MR) is 70.5 cm³/mol. The number of aromatic carboxylic acids is 1. The van der Waals surface area contributed by atoms with E-state index in [0.29, 0.717) is 6.07 Å². The van der Waals surface area contributed by atoms with Gasteiger partial charge >= 0.3 is 18.5 Å². The van der Waals surface area contributed by atoms with E-state index < -0.39 is 35.4 Å². The lowest BCUT2D eigenvalue weighted by Crippen LogP contribution is -2.17. The van der Waals surface area contributed by atoms with E-state index in [4.69, 9.17) is 5.11 Å². The van der Waals surface area contributed by atoms with Gasteiger partial charge in [-0.1, -0.05) is 12.1 Å². The van der Waals surface area contributed by atoms with Crippen LogP contribution in [0, 0.1) is 0 Å². The summed E-state index contributed by atoms with van der Waals surface area (Å²) in [6.45, 7) is 0. The van der Waals surface area contributed by atoms with Gasteiger partial charge < -0.3 is 9.84 Å². The summed E-state index contributed by atoms with van der Waals surface area (Å²) in [6, 6.07) is 6.14. The fourth-order valence-electron chi connectivity index (χ4n) is 1.93. The minimum Gasteiger partial charge on any atom is -0.478 e. The molecule has 0 amide bonds. The zero-order chi connectivity index (χ0) is 18.1. The fourth-order valence-corrected chi connectivity index (χ4v) is 1.93. The highest BCUT2D eigenvalue weighted by Crippen LogP contribution is 2.33. The van der Waals surface area contributed by atoms with Crippen molar-refractivity contribution in [1.29, 1.82) is 0 Å². The third kappa shape index (κ3) is 4.40. The van der Waals surface area contributed by atoms with Gasteiger partial charge in [0, 0.05) is 0 Å². The molecule has 0 spiro atoms. The Morgan fingerprint density at radius 1 is 0.875 bits per heavy atom. The second-order valence-electron chi connectivity index (χ2n) is 4.67. The molecule has 0 radical (unpaired) electrons. The average Bonchev–Trinajstić information content (AvgIpc) is 2.44. The molecule has 0 saturated heterocycles. The molecule has 0 unspecified atom stereocenters. The second kappa shape index (κ2) is 6.06. The minimum absolute atomic E-state index is 0.0251. The standard InChI is InChI=1S/C15H8F6O3/c16-14(17,18)11-3-1-8(2-4-11)9-5-10(13(22)23)7-12(6-9)24-15(19,20)21/h1-7H,(H,22,23). The number of benzene rings is 2. The van der Waals surface area contributed by atoms with Crippen LogP contribution in [0.5, 0.6) is 5.75 Å². The van der Waals surface area contributed by atoms with Gasteiger partial charge in [0.1, 0.15) is 5.75 Å². The quantitative estimate of drug-likeness (QED) is 0.795. The van der Waals surface area contributed by atoms with Crippen LogP contribution in [0.1, 0.15) is 15.9 Å². The van der Waals surface area contributed by atoms with E-state index in [0.717, 1.165) is 36.4 Å². The van der Waals surface area contributed by atoms with Crippen LogP contribution >= 0.6 is 0 Å². The summed E-state index contributed by atoms with van der Waals surface area (Å²) in [7, 11) is 0. The first-order chi connectivity index (χ1) is 11.0. The Bertz CT molecular complexity index is 747. The smallest absolute Gasteiger partial charge is 0.478 e. The largest absolute Gasteiger partial charge is 0.573 e. The van der Waals surface area contributed by atoms with Crippen molar-refractivity contribution in [3.05, 3.63) is 53.6 Å². The third-order valence-electron chi connectivity index (χ3n) is 2.93. The first kappa shape index (κ1) is 17.6. The zero-order valence-corrected chi connectivity index (χ0v) is 11.6. The average molecular weight is 350 g/mol. The summed E-state index contributed by atoms with van der Waals surface area (Å²) >= 11 is 0. The lowest BCUT2D eigenvalue weighted by Gasteiger charge is -2.12. The number of rotatable bonds is 3. The molecular weight excluding hydrogens is 342 g/mol. The molecule has 0 aliphatic heterocycles. The summed E-state index contributed by atoms with van der Waals surface area (Å²) in [6.07, 6.45) is -9.60. The van der Waals surface area contributed by atoms with Crippen molar-refractivity contribution in [2.45, 2.75) is 12.5 Å². The number of carboxylic acid groups (broad SMARTS) is 1. The molecule has 3 nitrogen and oxygen atoms in total. The maximum atomic E-state index is 12.5. The molecule has 1 N–H and O–H groups in total. The molecule has 24 heavy (non-hydrogen) atoms. The first-order valence-corrected chi connectivity index (χ1v) is 6.27. The Kier molecular flexibility index (Phi) is 4.46. The number of alkyl halides is 6. The molecule has 0 saturated carbocycles. The Hall–Kier alpha value is -2.71. The number of halogens is 6. The van der Waals surface area contributed by atoms with Gasteiger partial charge in [0.25, 0.3) is 0 Å². The van der Waals surface area contributed by atoms with E-state index in [-0.39, 0.29) is 11.1 Å². The summed E-state index contributed by atoms with van der Waals surface area (Å²) in [5.41, 5.74) is -1.35. The van der Waals surface area contributed by atoms with Crippen molar-refractivity contribution in [3.63, 3.8) is 0 Å². The first-order valence-electron chi connectivity index (χ1n) is 6.27. The fraction of sp³-hybridized carbons (Fsp3) is 0.133. The number of carboxylic acids is 1. The van der Waals surface area contributed by atoms with Gasteiger partial charge in [-0.3, -0.25) is 0 Å². The third-order valence-corrected chi connectivity index (χ3v) is 2.93. The second-order valence-corrected chi connectivity index (χ2v) is 4.67. The molecule has 128 valence electrons. The molecule has 0 aliphatic carbocycles. The molecule has 2 aromatic rings. The van der Waals surface area contributed by atoms with Crippen LogP contribution in [0.2, 0.25) is 0 Å². The maximum Gasteiger partial charge on any atom is 0.573 e. The Morgan fingerprint density at radius 3 is 1.92 bits per heavy atom. The summed E-state index contributed by atoms with van der Waals surface area (Å²) < 4.78 is 78.1. The van der Waals surface area contributed by atoms with Crippen LogP contribution in [0.15, 0.2) is 42.5 Å². The molecular formula is C15H8F6O3. The molecule has 0 atom stereocenters. The molecule has 0 fully saturated rings. The van der Waals surface area contributed by atoms with Crippen LogP contribution in [0.3, 0.4) is 0 Å². The zero-order valence-electron chi connectivity index (χ0n) is 11.6. The van der Waals surface area contributed by atoms with Gasteiger partial charge in [0.2, 0.25) is 0 Å². The van der Waals surface area contributed by atoms with Crippen molar-refractivity contribution < 1.29 is 41.0 Å². The predicted octanol–water partition coefficient (Wildman–Crippen LogP) is 4.97. The van der Waals surface area contributed by atoms with Crippen LogP contribution in [0.25, 0.3) is 11.1 Å². The van der Waals surface area contributed by atoms with Crippen LogP contribution in [-0.2, 0) is 6.18 Å². The lowest BCUT2D eigenvalue weighted by molar-refractivity contribution is -0.274. The molecule has 0 aliphatic rings. The van der Waals surface area contributed by atoms with Crippen LogP contribution in [0.4, 0.5) is 26.3 Å². The monoisotopic (exact) mass is 350 g/mol. The SMILES string of the molecule is O=C(O)c1cc(OC(F)(F)F)cc(-c2ccc(C(F)(F)F)cc2)c1. The lowest BCUT2D eigenvalue weighted by atomic mass is 10.0. The minimum atomic E-state index is -5.03. The van der Waals surface area contributed by atoms with Crippen molar-refractivity contribution in [2.24, 2.45) is 0 Å². The highest BCUT2D eigenvalue weighted by atomic mass is 19.4. The molecule has 2 rings (SSSR count). The maximum absolute atomic E-state index is 12.5. The van der Waals surface area contributed by atoms with Crippen LogP contribution < -0.4 is 4.74 Å². The Labute approximate surface area is 131 Å². The Morgan fingerprint density at radius 2 is 1.46 bits per heavy atom. The highest BCUT2D eigenvalue weighted by molar-refractivity contribution is 5.90. The highest BCUT2D eigenvalue weighted by Gasteiger charge is 2.32. The summed E-state index contributed by atoms with van der Waals surface area (Å²) in [5, 5.41) is 8.94. The van der Waals surface area contributed by atoms with Crippen LogP contribution in [-0.4, -0.2) is 17.4 Å². The Balaban J connectivity index is 2.47. The van der Waals surface area contributed by atoms with Crippen molar-refractivity contribution >= 4 is 5.97 Å². The van der Waals surface area contributed by atoms with E-state index in [1.54, 1.807) is 0 Å². The van der Waals surface area contributed by atoms with Gasteiger partial charge in [-0.05, 0) is 41.5 Å². The van der Waals surface area contributed by atoms with Gasteiger partial charge in [-0.25, -0.2) is 4.79 Å². The van der Waals surface area contributed by atoms with Crippen molar-refractivity contribution in [3.8, 4) is 16.9 Å². The van der Waals surface area contributed by atoms with Crippen molar-refractivity contribution in [2.75, 3.05) is 0 Å². The van der Waals surface area contributed by atoms with E-state index >= 15 is 0 Å². The van der Waals surface area contributed by atoms with E-state index in [1.807, 2.05) is 0 Å². The molecule has 0 bridgehead atoms. The molecule has 0 aromatic heterocycles. The van der Waals surface area contributed by atoms with Crippen molar-refractivity contribution in [1.82, 2.24) is 0 Å². The van der Waals surface area contributed by atoms with Gasteiger partial charge in [0.15, 0.2) is 0 Å². The van der Waals surface area contributed by atoms with Gasteiger partial charge in [-0.15, -0.1) is 13.2 Å². The number of hydrogen-bond acceptors (Lipinski definition) is 2. The summed E-state index contributed by atoms with van der Waals surface area (Å²) in [4.78, 5) is 11.0. The van der Waals surface area contributed by atoms with Gasteiger partial charge in [0.05, 0.1) is 11.1 Å². The normalized spacial score (nSPS) is 12.1. The molecule has 9 heteroatoms. The molecule has 0 heterocycles. The van der Waals surface area contributed by atoms with Gasteiger partial charge in [-0.2, -0.15) is 13.2 Å². The molecule has 2 aromatic carbocycles. The van der Waals surface area contributed by atoms with E-state index in [2.05, 4.69) is 4.74 Å². The van der Waals surface area contributed by atoms with E-state index in [1.165, 1.54) is 0 Å². The van der Waals surface area contributed by atoms with E-state index in [9.17, 15) is 31.1 Å². The number of ether oxygens (including phenoxy) is 1. The topological polar surface area (TPSA) is 46.5 Å².